The Morgan fingerprint density at radius 2 is 2.27 bits per heavy atom. The minimum absolute atomic E-state index is 1.00. The van der Waals surface area contributed by atoms with Crippen molar-refractivity contribution in [1.29, 1.82) is 0 Å². The van der Waals surface area contributed by atoms with Crippen LogP contribution in [0, 0.1) is 0 Å². The normalized spacial score (nSPS) is 13.4. The first-order valence-corrected chi connectivity index (χ1v) is 5.20. The summed E-state index contributed by atoms with van der Waals surface area (Å²) in [7, 11) is 6.78. The lowest BCUT2D eigenvalue weighted by Gasteiger charge is -1.97. The second kappa shape index (κ2) is 6.56. The van der Waals surface area contributed by atoms with Crippen LogP contribution in [0.3, 0.4) is 0 Å². The first kappa shape index (κ1) is 10.9. The Bertz CT molecular complexity index is 180. The summed E-state index contributed by atoms with van der Waals surface area (Å²) in [4.78, 5) is 1.00. The number of rotatable bonds is 4. The minimum Gasteiger partial charge on any atom is -0.0979 e. The topological polar surface area (TPSA) is 0 Å². The molecule has 0 saturated heterocycles. The average molecular weight is 189 g/mol. The first-order chi connectivity index (χ1) is 5.28. The Balaban J connectivity index is 4.35. The molecule has 0 aromatic carbocycles. The predicted octanol–water partition coefficient (Wildman–Crippen LogP) is 4.30. The van der Waals surface area contributed by atoms with Gasteiger partial charge in [0.25, 0.3) is 0 Å². The van der Waals surface area contributed by atoms with E-state index in [2.05, 4.69) is 19.6 Å². The Hall–Kier alpha value is -0.140. The second-order valence-corrected chi connectivity index (χ2v) is 3.13. The van der Waals surface area contributed by atoms with Gasteiger partial charge < -0.3 is 0 Å². The predicted molar refractivity (Wildman–Crippen MR) is 55.8 cm³/mol. The van der Waals surface area contributed by atoms with E-state index in [9.17, 15) is 0 Å². The Labute approximate surface area is 77.5 Å². The molecule has 62 valence electrons. The van der Waals surface area contributed by atoms with Crippen LogP contribution in [0.5, 0.6) is 0 Å². The van der Waals surface area contributed by atoms with Gasteiger partial charge in [0.05, 0.1) is 0 Å². The summed E-state index contributed by atoms with van der Waals surface area (Å²) in [6.45, 7) is 7.79. The van der Waals surface area contributed by atoms with E-state index in [0.29, 0.717) is 0 Å². The highest BCUT2D eigenvalue weighted by Crippen LogP contribution is 2.22. The lowest BCUT2D eigenvalue weighted by molar-refractivity contribution is 1.14. The smallest absolute Gasteiger partial charge is 0.0230 e. The van der Waals surface area contributed by atoms with Crippen molar-refractivity contribution in [2.45, 2.75) is 20.3 Å². The van der Waals surface area contributed by atoms with Gasteiger partial charge in [0, 0.05) is 4.91 Å². The van der Waals surface area contributed by atoms with Crippen LogP contribution in [0.25, 0.3) is 0 Å². The van der Waals surface area contributed by atoms with Crippen LogP contribution in [-0.2, 0) is 0 Å². The zero-order chi connectivity index (χ0) is 8.69. The van der Waals surface area contributed by atoms with E-state index in [-0.39, 0.29) is 0 Å². The number of hydrogen-bond donors (Lipinski definition) is 0. The Kier molecular flexibility index (Phi) is 6.48. The number of allylic oxidation sites excluding steroid dienone is 4. The molecule has 0 aromatic heterocycles. The largest absolute Gasteiger partial charge is 0.0979 e. The fourth-order valence-electron chi connectivity index (χ4n) is 0.685. The fourth-order valence-corrected chi connectivity index (χ4v) is 1.27. The molecule has 0 aliphatic heterocycles. The molecule has 0 aliphatic rings. The van der Waals surface area contributed by atoms with Gasteiger partial charge in [-0.2, -0.15) is 0 Å². The van der Waals surface area contributed by atoms with E-state index in [4.69, 9.17) is 10.7 Å². The summed E-state index contributed by atoms with van der Waals surface area (Å²) in [5.41, 5.74) is 1.29. The summed E-state index contributed by atoms with van der Waals surface area (Å²) in [6, 6.07) is 0. The van der Waals surface area contributed by atoms with Gasteiger partial charge in [-0.25, -0.2) is 0 Å². The van der Waals surface area contributed by atoms with Gasteiger partial charge in [-0.1, -0.05) is 31.2 Å². The molecule has 11 heavy (non-hydrogen) atoms. The van der Waals surface area contributed by atoms with Gasteiger partial charge in [-0.15, -0.1) is 0 Å². The molecule has 2 heteroatoms. The molecule has 0 rings (SSSR count). The lowest BCUT2D eigenvalue weighted by Crippen LogP contribution is -1.74. The van der Waals surface area contributed by atoms with Crippen LogP contribution in [0.1, 0.15) is 20.3 Å². The Morgan fingerprint density at radius 1 is 1.64 bits per heavy atom. The SMILES string of the molecule is C=C/C(=C\C(=C/C)CC)SCl. The zero-order valence-electron chi connectivity index (χ0n) is 6.93. The summed E-state index contributed by atoms with van der Waals surface area (Å²) in [5.74, 6) is 0. The third-order valence-corrected chi connectivity index (χ3v) is 2.39. The van der Waals surface area contributed by atoms with Crippen LogP contribution in [-0.4, -0.2) is 0 Å². The number of hydrogen-bond acceptors (Lipinski definition) is 1. The van der Waals surface area contributed by atoms with Crippen molar-refractivity contribution >= 4 is 21.7 Å². The highest BCUT2D eigenvalue weighted by molar-refractivity contribution is 8.24. The second-order valence-electron chi connectivity index (χ2n) is 2.05. The molecule has 0 aromatic rings. The molecule has 0 radical (unpaired) electrons. The maximum absolute atomic E-state index is 5.58. The standard InChI is InChI=1S/C9H13ClS/c1-4-8(5-2)7-9(6-3)11-10/h4,6-7H,3,5H2,1-2H3/b8-4-,9-7+. The quantitative estimate of drug-likeness (QED) is 0.593. The molecular formula is C9H13ClS. The third kappa shape index (κ3) is 4.33. The number of halogens is 1. The van der Waals surface area contributed by atoms with Gasteiger partial charge in [-0.05, 0) is 41.1 Å². The summed E-state index contributed by atoms with van der Waals surface area (Å²) >= 11 is 0. The van der Waals surface area contributed by atoms with Gasteiger partial charge in [-0.3, -0.25) is 0 Å². The van der Waals surface area contributed by atoms with Gasteiger partial charge in [0.2, 0.25) is 0 Å². The van der Waals surface area contributed by atoms with E-state index in [1.807, 2.05) is 13.0 Å². The van der Waals surface area contributed by atoms with Crippen LogP contribution in [0.2, 0.25) is 0 Å². The molecule has 0 bridgehead atoms. The molecule has 0 amide bonds. The Morgan fingerprint density at radius 3 is 2.55 bits per heavy atom. The van der Waals surface area contributed by atoms with Crippen LogP contribution >= 0.6 is 21.7 Å². The summed E-state index contributed by atoms with van der Waals surface area (Å²) in [5, 5.41) is 0. The van der Waals surface area contributed by atoms with Crippen molar-refractivity contribution < 1.29 is 0 Å². The maximum atomic E-state index is 5.58. The van der Waals surface area contributed by atoms with Crippen molar-refractivity contribution in [3.63, 3.8) is 0 Å². The van der Waals surface area contributed by atoms with Crippen LogP contribution in [0.15, 0.2) is 35.3 Å². The highest BCUT2D eigenvalue weighted by Gasteiger charge is 1.91. The molecule has 0 heterocycles. The van der Waals surface area contributed by atoms with E-state index < -0.39 is 0 Å². The lowest BCUT2D eigenvalue weighted by atomic mass is 10.2. The highest BCUT2D eigenvalue weighted by atomic mass is 35.7. The maximum Gasteiger partial charge on any atom is 0.0230 e. The van der Waals surface area contributed by atoms with E-state index in [1.54, 1.807) is 6.08 Å². The average Bonchev–Trinajstić information content (AvgIpc) is 2.07. The van der Waals surface area contributed by atoms with Gasteiger partial charge >= 0.3 is 0 Å². The minimum atomic E-state index is 1.00. The van der Waals surface area contributed by atoms with Crippen LogP contribution in [0.4, 0.5) is 0 Å². The molecule has 0 N–H and O–H groups in total. The van der Waals surface area contributed by atoms with Gasteiger partial charge in [0.15, 0.2) is 0 Å². The van der Waals surface area contributed by atoms with Gasteiger partial charge in [0.1, 0.15) is 0 Å². The molecule has 0 saturated carbocycles. The van der Waals surface area contributed by atoms with Crippen molar-refractivity contribution in [2.75, 3.05) is 0 Å². The van der Waals surface area contributed by atoms with Crippen molar-refractivity contribution in [2.24, 2.45) is 0 Å². The van der Waals surface area contributed by atoms with E-state index in [0.717, 1.165) is 11.3 Å². The van der Waals surface area contributed by atoms with Crippen LogP contribution < -0.4 is 0 Å². The summed E-state index contributed by atoms with van der Waals surface area (Å²) < 4.78 is 0. The van der Waals surface area contributed by atoms with E-state index in [1.165, 1.54) is 16.5 Å². The van der Waals surface area contributed by atoms with Crippen molar-refractivity contribution in [3.05, 3.63) is 35.3 Å². The molecule has 0 unspecified atom stereocenters. The van der Waals surface area contributed by atoms with Crippen molar-refractivity contribution in [1.82, 2.24) is 0 Å². The first-order valence-electron chi connectivity index (χ1n) is 3.56. The molecule has 0 nitrogen and oxygen atoms in total. The molecule has 0 aliphatic carbocycles. The third-order valence-electron chi connectivity index (χ3n) is 1.40. The van der Waals surface area contributed by atoms with E-state index >= 15 is 0 Å². The molecule has 0 fully saturated rings. The zero-order valence-corrected chi connectivity index (χ0v) is 8.50. The summed E-state index contributed by atoms with van der Waals surface area (Å²) in [6.07, 6.45) is 6.92. The fraction of sp³-hybridized carbons (Fsp3) is 0.333. The molecule has 0 spiro atoms. The molecule has 0 atom stereocenters. The monoisotopic (exact) mass is 188 g/mol. The molecular weight excluding hydrogens is 176 g/mol. The van der Waals surface area contributed by atoms with Crippen molar-refractivity contribution in [3.8, 4) is 0 Å².